The molecule has 0 spiro atoms. The molecule has 1 aromatic carbocycles. The molecular weight excluding hydrogens is 405 g/mol. The van der Waals surface area contributed by atoms with Gasteiger partial charge in [0.25, 0.3) is 5.92 Å². The number of benzene rings is 1. The van der Waals surface area contributed by atoms with Crippen LogP contribution in [0.1, 0.15) is 0 Å². The zero-order valence-electron chi connectivity index (χ0n) is 12.0. The Bertz CT molecular complexity index is 782. The molecule has 0 amide bonds. The van der Waals surface area contributed by atoms with Crippen LogP contribution in [0.15, 0.2) is 48.8 Å². The summed E-state index contributed by atoms with van der Waals surface area (Å²) in [6, 6.07) is 12.1. The Kier molecular flexibility index (Phi) is 6.73. The van der Waals surface area contributed by atoms with Crippen LogP contribution in [-0.2, 0) is 17.1 Å². The van der Waals surface area contributed by atoms with Crippen LogP contribution in [0.3, 0.4) is 0 Å². The normalized spacial score (nSPS) is 11.8. The molecule has 0 saturated carbocycles. The minimum absolute atomic E-state index is 0. The number of rotatable bonds is 1. The Morgan fingerprint density at radius 2 is 1.12 bits per heavy atom. The second-order valence-corrected chi connectivity index (χ2v) is 4.55. The van der Waals surface area contributed by atoms with Crippen molar-refractivity contribution in [3.05, 3.63) is 55.2 Å². The fraction of sp³-hybridized carbons (Fsp3) is 0.133. The van der Waals surface area contributed by atoms with E-state index in [0.717, 1.165) is 21.8 Å². The molecule has 0 unspecified atom stereocenters. The van der Waals surface area contributed by atoms with E-state index in [-0.39, 0.29) is 17.1 Å². The fourth-order valence-electron chi connectivity index (χ4n) is 1.79. The Labute approximate surface area is 147 Å². The molecule has 2 aromatic heterocycles. The molecule has 0 aliphatic heterocycles. The van der Waals surface area contributed by atoms with Crippen molar-refractivity contribution in [2.24, 2.45) is 0 Å². The van der Waals surface area contributed by atoms with E-state index in [9.17, 15) is 30.7 Å². The van der Waals surface area contributed by atoms with Crippen LogP contribution < -0.4 is 0 Å². The summed E-state index contributed by atoms with van der Waals surface area (Å²) in [5.41, 5.74) is 1.95. The monoisotopic (exact) mass is 412 g/mol. The maximum atomic E-state index is 11.1. The van der Waals surface area contributed by atoms with Crippen molar-refractivity contribution in [3.8, 4) is 0 Å². The predicted molar refractivity (Wildman–Crippen MR) is 73.5 cm³/mol. The average Bonchev–Trinajstić information content (AvgIpc) is 2.54. The van der Waals surface area contributed by atoms with Gasteiger partial charge in [-0.2, -0.15) is 13.2 Å². The topological polar surface area (TPSA) is 25.8 Å². The van der Waals surface area contributed by atoms with Crippen LogP contribution in [0, 0.1) is 6.43 Å². The Balaban J connectivity index is 0.000000257. The maximum Gasteiger partial charge on any atom is 1.00 e. The van der Waals surface area contributed by atoms with Crippen molar-refractivity contribution >= 4 is 21.8 Å². The maximum absolute atomic E-state index is 11.1. The molecule has 0 atom stereocenters. The molecule has 2 heterocycles. The molecular formula is C15H8CuF7N2. The van der Waals surface area contributed by atoms with Gasteiger partial charge < -0.3 is 8.78 Å². The van der Waals surface area contributed by atoms with Crippen LogP contribution in [0.2, 0.25) is 0 Å². The van der Waals surface area contributed by atoms with E-state index >= 15 is 0 Å². The largest absolute Gasteiger partial charge is 1.00 e. The van der Waals surface area contributed by atoms with Gasteiger partial charge in [-0.15, -0.1) is 0 Å². The van der Waals surface area contributed by atoms with E-state index in [0.29, 0.717) is 0 Å². The number of fused-ring (bicyclic) bond motifs is 3. The number of hydrogen-bond donors (Lipinski definition) is 0. The Morgan fingerprint density at radius 3 is 1.40 bits per heavy atom. The van der Waals surface area contributed by atoms with Gasteiger partial charge in [0.1, 0.15) is 0 Å². The van der Waals surface area contributed by atoms with Gasteiger partial charge in [-0.1, -0.05) is 24.3 Å². The standard InChI is InChI=1S/C12H8N2.C3F7.Cu/c1-3-9-5-6-10-4-2-8-14-12(10)11(9)13-7-1;4-1(5)2(6,7)3(8,9)10;/h1-8H;;/q;-1;+1. The summed E-state index contributed by atoms with van der Waals surface area (Å²) in [4.78, 5) is 8.69. The molecule has 2 nitrogen and oxygen atoms in total. The van der Waals surface area contributed by atoms with Crippen LogP contribution in [-0.4, -0.2) is 22.1 Å². The molecule has 0 aliphatic rings. The van der Waals surface area contributed by atoms with Gasteiger partial charge in [-0.05, 0) is 12.1 Å². The summed E-state index contributed by atoms with van der Waals surface area (Å²) in [6.07, 6.45) is -6.54. The molecule has 0 radical (unpaired) electrons. The first-order chi connectivity index (χ1) is 11.1. The van der Waals surface area contributed by atoms with E-state index in [4.69, 9.17) is 0 Å². The summed E-state index contributed by atoms with van der Waals surface area (Å²) in [5.74, 6) is -5.98. The van der Waals surface area contributed by atoms with Gasteiger partial charge >= 0.3 is 23.2 Å². The van der Waals surface area contributed by atoms with Crippen molar-refractivity contribution in [2.75, 3.05) is 0 Å². The van der Waals surface area contributed by atoms with Gasteiger partial charge in [0.05, 0.1) is 17.5 Å². The van der Waals surface area contributed by atoms with E-state index < -0.39 is 18.5 Å². The first kappa shape index (κ1) is 21.1. The summed E-state index contributed by atoms with van der Waals surface area (Å²) >= 11 is 0. The summed E-state index contributed by atoms with van der Waals surface area (Å²) in [6.45, 7) is 0. The van der Waals surface area contributed by atoms with Gasteiger partial charge in [0.15, 0.2) is 0 Å². The Morgan fingerprint density at radius 1 is 0.720 bits per heavy atom. The number of aromatic nitrogens is 2. The summed E-state index contributed by atoms with van der Waals surface area (Å²) in [7, 11) is 0. The van der Waals surface area contributed by atoms with Gasteiger partial charge in [-0.25, -0.2) is 8.78 Å². The third kappa shape index (κ3) is 4.58. The van der Waals surface area contributed by atoms with Gasteiger partial charge in [0, 0.05) is 23.2 Å². The number of hydrogen-bond acceptors (Lipinski definition) is 2. The minimum atomic E-state index is -6.20. The third-order valence-corrected chi connectivity index (χ3v) is 2.94. The quantitative estimate of drug-likeness (QED) is 0.232. The van der Waals surface area contributed by atoms with Crippen LogP contribution in [0.4, 0.5) is 30.7 Å². The van der Waals surface area contributed by atoms with E-state index in [1.807, 2.05) is 12.1 Å². The molecule has 3 aromatic rings. The molecule has 25 heavy (non-hydrogen) atoms. The van der Waals surface area contributed by atoms with Crippen molar-refractivity contribution in [1.29, 1.82) is 0 Å². The van der Waals surface area contributed by atoms with Crippen molar-refractivity contribution in [2.45, 2.75) is 12.1 Å². The first-order valence-corrected chi connectivity index (χ1v) is 6.36. The first-order valence-electron chi connectivity index (χ1n) is 6.36. The molecule has 10 heteroatoms. The van der Waals surface area contributed by atoms with Crippen LogP contribution in [0.25, 0.3) is 21.8 Å². The number of alkyl halides is 5. The fourth-order valence-corrected chi connectivity index (χ4v) is 1.79. The van der Waals surface area contributed by atoms with Crippen molar-refractivity contribution < 1.29 is 47.8 Å². The van der Waals surface area contributed by atoms with Gasteiger partial charge in [0.2, 0.25) is 0 Å². The number of halogens is 7. The van der Waals surface area contributed by atoms with E-state index in [1.165, 1.54) is 0 Å². The molecule has 0 saturated heterocycles. The van der Waals surface area contributed by atoms with Gasteiger partial charge in [-0.3, -0.25) is 9.97 Å². The average molecular weight is 413 g/mol. The summed E-state index contributed by atoms with van der Waals surface area (Å²) < 4.78 is 76.3. The SMILES string of the molecule is F[C-](F)C(F)(F)C(F)(F)F.[Cu+].c1cnc2c(c1)ccc1cccnc12. The molecule has 0 bridgehead atoms. The second-order valence-electron chi connectivity index (χ2n) is 4.55. The van der Waals surface area contributed by atoms with Crippen molar-refractivity contribution in [1.82, 2.24) is 9.97 Å². The number of pyridine rings is 2. The predicted octanol–water partition coefficient (Wildman–Crippen LogP) is 5.39. The van der Waals surface area contributed by atoms with E-state index in [2.05, 4.69) is 34.2 Å². The zero-order chi connectivity index (χ0) is 18.0. The Hall–Kier alpha value is -1.93. The van der Waals surface area contributed by atoms with Crippen LogP contribution in [0.5, 0.6) is 0 Å². The molecule has 0 aliphatic carbocycles. The molecule has 138 valence electrons. The van der Waals surface area contributed by atoms with E-state index in [1.54, 1.807) is 12.4 Å². The minimum Gasteiger partial charge on any atom is -0.415 e. The van der Waals surface area contributed by atoms with Crippen LogP contribution >= 0.6 is 0 Å². The zero-order valence-corrected chi connectivity index (χ0v) is 12.9. The third-order valence-electron chi connectivity index (χ3n) is 2.94. The second kappa shape index (κ2) is 7.97. The smallest absolute Gasteiger partial charge is 0.415 e. The summed E-state index contributed by atoms with van der Waals surface area (Å²) in [5, 5.41) is 2.28. The molecule has 0 N–H and O–H groups in total. The number of nitrogens with zero attached hydrogens (tertiary/aromatic N) is 2. The van der Waals surface area contributed by atoms with Crippen molar-refractivity contribution in [3.63, 3.8) is 0 Å². The molecule has 0 fully saturated rings. The molecule has 3 rings (SSSR count).